The van der Waals surface area contributed by atoms with E-state index in [1.54, 1.807) is 12.1 Å². The van der Waals surface area contributed by atoms with Crippen molar-refractivity contribution in [3.8, 4) is 5.75 Å². The van der Waals surface area contributed by atoms with Crippen molar-refractivity contribution in [2.75, 3.05) is 0 Å². The second-order valence-electron chi connectivity index (χ2n) is 5.43. The Hall–Kier alpha value is -2.11. The Balaban J connectivity index is 1.84. The van der Waals surface area contributed by atoms with Crippen LogP contribution in [0.4, 0.5) is 0 Å². The second kappa shape index (κ2) is 6.56. The van der Waals surface area contributed by atoms with E-state index >= 15 is 0 Å². The summed E-state index contributed by atoms with van der Waals surface area (Å²) in [5.41, 5.74) is 1.99. The minimum atomic E-state index is -0.420. The molecule has 0 bridgehead atoms. The number of fused-ring (bicyclic) bond motifs is 1. The van der Waals surface area contributed by atoms with E-state index in [1.165, 1.54) is 12.1 Å². The minimum absolute atomic E-state index is 0.0778. The number of hydrogen-bond donors (Lipinski definition) is 2. The fraction of sp³-hybridized carbons (Fsp3) is 0.167. The van der Waals surface area contributed by atoms with Crippen LogP contribution in [-0.2, 0) is 6.54 Å². The van der Waals surface area contributed by atoms with Crippen LogP contribution in [-0.4, -0.2) is 5.11 Å². The molecule has 0 aliphatic heterocycles. The van der Waals surface area contributed by atoms with E-state index in [1.807, 2.05) is 12.1 Å². The molecule has 4 nitrogen and oxygen atoms in total. The third kappa shape index (κ3) is 3.63. The molecule has 2 aromatic carbocycles. The fourth-order valence-corrected chi connectivity index (χ4v) is 2.76. The first-order chi connectivity index (χ1) is 11.0. The van der Waals surface area contributed by atoms with Gasteiger partial charge in [0, 0.05) is 34.6 Å². The molecule has 3 aromatic rings. The summed E-state index contributed by atoms with van der Waals surface area (Å²) in [6.45, 7) is 2.60. The molecule has 2 N–H and O–H groups in total. The molecule has 3 rings (SSSR count). The number of nitrogens with one attached hydrogen (secondary N) is 1. The van der Waals surface area contributed by atoms with Gasteiger partial charge in [0.1, 0.15) is 11.3 Å². The standard InChI is InChI=1S/C18H16BrNO3/c1-11(12-2-4-14(19)5-3-12)20-10-13-8-18(22)23-17-9-15(21)6-7-16(13)17/h2-9,11,20-21H,10H2,1H3/t11-/m1/s1. The predicted octanol–water partition coefficient (Wildman–Crippen LogP) is 4.11. The van der Waals surface area contributed by atoms with Crippen molar-refractivity contribution < 1.29 is 9.52 Å². The van der Waals surface area contributed by atoms with Crippen LogP contribution in [0.5, 0.6) is 5.75 Å². The Morgan fingerprint density at radius 1 is 1.17 bits per heavy atom. The van der Waals surface area contributed by atoms with E-state index in [0.29, 0.717) is 12.1 Å². The number of halogens is 1. The van der Waals surface area contributed by atoms with Crippen LogP contribution in [0.25, 0.3) is 11.0 Å². The summed E-state index contributed by atoms with van der Waals surface area (Å²) in [7, 11) is 0. The normalized spacial score (nSPS) is 12.4. The van der Waals surface area contributed by atoms with Crippen LogP contribution >= 0.6 is 15.9 Å². The summed E-state index contributed by atoms with van der Waals surface area (Å²) in [5.74, 6) is 0.0778. The minimum Gasteiger partial charge on any atom is -0.508 e. The monoisotopic (exact) mass is 373 g/mol. The lowest BCUT2D eigenvalue weighted by molar-refractivity contribution is 0.473. The topological polar surface area (TPSA) is 62.5 Å². The van der Waals surface area contributed by atoms with Gasteiger partial charge in [0.2, 0.25) is 0 Å². The first-order valence-electron chi connectivity index (χ1n) is 7.27. The maximum atomic E-state index is 11.7. The molecule has 5 heteroatoms. The number of hydrogen-bond acceptors (Lipinski definition) is 4. The Labute approximate surface area is 141 Å². The van der Waals surface area contributed by atoms with Gasteiger partial charge in [0.05, 0.1) is 0 Å². The largest absolute Gasteiger partial charge is 0.508 e. The third-order valence-corrected chi connectivity index (χ3v) is 4.31. The number of rotatable bonds is 4. The maximum Gasteiger partial charge on any atom is 0.336 e. The Morgan fingerprint density at radius 2 is 1.91 bits per heavy atom. The summed E-state index contributed by atoms with van der Waals surface area (Å²) >= 11 is 3.43. The van der Waals surface area contributed by atoms with Gasteiger partial charge in [-0.2, -0.15) is 0 Å². The molecule has 0 saturated heterocycles. The van der Waals surface area contributed by atoms with Crippen LogP contribution in [0.3, 0.4) is 0 Å². The molecule has 1 aromatic heterocycles. The molecule has 23 heavy (non-hydrogen) atoms. The number of phenolic OH excluding ortho intramolecular Hbond substituents is 1. The second-order valence-corrected chi connectivity index (χ2v) is 6.34. The summed E-state index contributed by atoms with van der Waals surface area (Å²) in [5, 5.41) is 13.7. The van der Waals surface area contributed by atoms with Crippen LogP contribution in [0, 0.1) is 0 Å². The molecule has 0 spiro atoms. The van der Waals surface area contributed by atoms with Gasteiger partial charge in [0.15, 0.2) is 0 Å². The zero-order valence-electron chi connectivity index (χ0n) is 12.5. The first kappa shape index (κ1) is 15.8. The summed E-state index contributed by atoms with van der Waals surface area (Å²) in [6, 6.07) is 14.5. The van der Waals surface area contributed by atoms with Crippen molar-refractivity contribution in [2.24, 2.45) is 0 Å². The Kier molecular flexibility index (Phi) is 4.50. The van der Waals surface area contributed by atoms with Crippen molar-refractivity contribution in [2.45, 2.75) is 19.5 Å². The molecule has 0 aliphatic carbocycles. The zero-order valence-corrected chi connectivity index (χ0v) is 14.1. The van der Waals surface area contributed by atoms with E-state index < -0.39 is 5.63 Å². The average Bonchev–Trinajstić information content (AvgIpc) is 2.52. The highest BCUT2D eigenvalue weighted by atomic mass is 79.9. The van der Waals surface area contributed by atoms with Crippen molar-refractivity contribution in [3.05, 3.63) is 74.6 Å². The van der Waals surface area contributed by atoms with Gasteiger partial charge >= 0.3 is 5.63 Å². The molecule has 0 amide bonds. The van der Waals surface area contributed by atoms with Crippen molar-refractivity contribution in [3.63, 3.8) is 0 Å². The van der Waals surface area contributed by atoms with E-state index in [4.69, 9.17) is 4.42 Å². The van der Waals surface area contributed by atoms with Gasteiger partial charge in [-0.15, -0.1) is 0 Å². The molecular formula is C18H16BrNO3. The van der Waals surface area contributed by atoms with Crippen molar-refractivity contribution >= 4 is 26.9 Å². The molecule has 1 heterocycles. The van der Waals surface area contributed by atoms with Gasteiger partial charge in [-0.3, -0.25) is 0 Å². The smallest absolute Gasteiger partial charge is 0.336 e. The van der Waals surface area contributed by atoms with Gasteiger partial charge < -0.3 is 14.8 Å². The Morgan fingerprint density at radius 3 is 2.65 bits per heavy atom. The average molecular weight is 374 g/mol. The summed E-state index contributed by atoms with van der Waals surface area (Å²) in [6.07, 6.45) is 0. The van der Waals surface area contributed by atoms with Crippen molar-refractivity contribution in [1.82, 2.24) is 5.32 Å². The lowest BCUT2D eigenvalue weighted by atomic mass is 10.1. The molecule has 0 unspecified atom stereocenters. The van der Waals surface area contributed by atoms with Crippen LogP contribution in [0.2, 0.25) is 0 Å². The molecule has 0 fully saturated rings. The highest BCUT2D eigenvalue weighted by Crippen LogP contribution is 2.23. The molecule has 118 valence electrons. The molecule has 0 radical (unpaired) electrons. The van der Waals surface area contributed by atoms with E-state index in [2.05, 4.69) is 40.3 Å². The van der Waals surface area contributed by atoms with Crippen LogP contribution in [0.15, 0.2) is 62.2 Å². The quantitative estimate of drug-likeness (QED) is 0.675. The fourth-order valence-electron chi connectivity index (χ4n) is 2.50. The van der Waals surface area contributed by atoms with Gasteiger partial charge in [-0.1, -0.05) is 28.1 Å². The number of aromatic hydroxyl groups is 1. The molecular weight excluding hydrogens is 358 g/mol. The summed E-state index contributed by atoms with van der Waals surface area (Å²) in [4.78, 5) is 11.7. The number of phenols is 1. The van der Waals surface area contributed by atoms with Crippen LogP contribution < -0.4 is 10.9 Å². The Bertz CT molecular complexity index is 887. The van der Waals surface area contributed by atoms with Gasteiger partial charge in [-0.05, 0) is 42.3 Å². The highest BCUT2D eigenvalue weighted by molar-refractivity contribution is 9.10. The van der Waals surface area contributed by atoms with E-state index in [9.17, 15) is 9.90 Å². The van der Waals surface area contributed by atoms with Crippen LogP contribution in [0.1, 0.15) is 24.1 Å². The zero-order chi connectivity index (χ0) is 16.4. The lowest BCUT2D eigenvalue weighted by Crippen LogP contribution is -2.19. The molecule has 1 atom stereocenters. The van der Waals surface area contributed by atoms with Gasteiger partial charge in [-0.25, -0.2) is 4.79 Å². The third-order valence-electron chi connectivity index (χ3n) is 3.78. The van der Waals surface area contributed by atoms with Gasteiger partial charge in [0.25, 0.3) is 0 Å². The SMILES string of the molecule is C[C@@H](NCc1cc(=O)oc2cc(O)ccc12)c1ccc(Br)cc1. The summed E-state index contributed by atoms with van der Waals surface area (Å²) < 4.78 is 6.18. The molecule has 0 saturated carbocycles. The van der Waals surface area contributed by atoms with E-state index in [-0.39, 0.29) is 11.8 Å². The number of benzene rings is 2. The lowest BCUT2D eigenvalue weighted by Gasteiger charge is -2.15. The first-order valence-corrected chi connectivity index (χ1v) is 8.07. The molecule has 0 aliphatic rings. The maximum absolute atomic E-state index is 11.7. The predicted molar refractivity (Wildman–Crippen MR) is 93.5 cm³/mol. The highest BCUT2D eigenvalue weighted by Gasteiger charge is 2.09. The van der Waals surface area contributed by atoms with Crippen molar-refractivity contribution in [1.29, 1.82) is 0 Å². The van der Waals surface area contributed by atoms with E-state index in [0.717, 1.165) is 21.0 Å².